The van der Waals surface area contributed by atoms with E-state index >= 15 is 0 Å². The first-order chi connectivity index (χ1) is 26.3. The highest BCUT2D eigenvalue weighted by Gasteiger charge is 2.51. The lowest BCUT2D eigenvalue weighted by molar-refractivity contribution is 0.660. The Bertz CT molecular complexity index is 2650. The van der Waals surface area contributed by atoms with Gasteiger partial charge in [0.15, 0.2) is 0 Å². The molecule has 0 saturated heterocycles. The average Bonchev–Trinajstić information content (AvgIpc) is 3.76. The molecular formula is C53H43N. The van der Waals surface area contributed by atoms with Crippen LogP contribution >= 0.6 is 0 Å². The Morgan fingerprint density at radius 1 is 0.407 bits per heavy atom. The van der Waals surface area contributed by atoms with Crippen molar-refractivity contribution in [3.8, 4) is 33.4 Å². The first kappa shape index (κ1) is 32.5. The lowest BCUT2D eigenvalue weighted by atomic mass is 9.70. The molecule has 260 valence electrons. The fourth-order valence-corrected chi connectivity index (χ4v) is 9.76. The van der Waals surface area contributed by atoms with E-state index in [9.17, 15) is 0 Å². The molecule has 0 bridgehead atoms. The fraction of sp³-hybridized carbons (Fsp3) is 0.132. The first-order valence-electron chi connectivity index (χ1n) is 19.2. The molecule has 0 fully saturated rings. The largest absolute Gasteiger partial charge is 0.310 e. The van der Waals surface area contributed by atoms with Crippen LogP contribution in [0.15, 0.2) is 175 Å². The number of fused-ring (bicyclic) bond motifs is 13. The summed E-state index contributed by atoms with van der Waals surface area (Å²) in [6, 6.07) is 59.5. The molecule has 0 amide bonds. The topological polar surface area (TPSA) is 3.24 Å². The van der Waals surface area contributed by atoms with Gasteiger partial charge in [0.1, 0.15) is 0 Å². The van der Waals surface area contributed by atoms with Crippen molar-refractivity contribution >= 4 is 22.6 Å². The van der Waals surface area contributed by atoms with Crippen LogP contribution in [0.1, 0.15) is 73.6 Å². The number of anilines is 3. The van der Waals surface area contributed by atoms with E-state index in [-0.39, 0.29) is 5.41 Å². The molecule has 0 aliphatic heterocycles. The summed E-state index contributed by atoms with van der Waals surface area (Å²) < 4.78 is 0. The number of allylic oxidation sites excluding steroid dienone is 4. The third-order valence-electron chi connectivity index (χ3n) is 12.3. The van der Waals surface area contributed by atoms with Crippen molar-refractivity contribution < 1.29 is 0 Å². The van der Waals surface area contributed by atoms with E-state index in [1.54, 1.807) is 0 Å². The van der Waals surface area contributed by atoms with Crippen molar-refractivity contribution in [1.82, 2.24) is 0 Å². The van der Waals surface area contributed by atoms with Crippen LogP contribution in [0.25, 0.3) is 39.0 Å². The second-order valence-corrected chi connectivity index (χ2v) is 16.0. The third-order valence-corrected chi connectivity index (χ3v) is 12.3. The van der Waals surface area contributed by atoms with Crippen LogP contribution in [0.3, 0.4) is 0 Å². The number of hydrogen-bond acceptors (Lipinski definition) is 1. The molecule has 1 heteroatoms. The van der Waals surface area contributed by atoms with E-state index in [1.807, 2.05) is 0 Å². The zero-order valence-electron chi connectivity index (χ0n) is 31.6. The summed E-state index contributed by atoms with van der Waals surface area (Å²) in [5.74, 6) is 0. The van der Waals surface area contributed by atoms with Crippen LogP contribution in [0.5, 0.6) is 0 Å². The smallest absolute Gasteiger partial charge is 0.0726 e. The summed E-state index contributed by atoms with van der Waals surface area (Å²) >= 11 is 0. The van der Waals surface area contributed by atoms with Crippen LogP contribution in [0.4, 0.5) is 17.1 Å². The van der Waals surface area contributed by atoms with Gasteiger partial charge < -0.3 is 4.90 Å². The molecule has 0 radical (unpaired) electrons. The van der Waals surface area contributed by atoms with Gasteiger partial charge in [0.25, 0.3) is 0 Å². The minimum atomic E-state index is -0.404. The summed E-state index contributed by atoms with van der Waals surface area (Å²) in [5.41, 5.74) is 22.9. The summed E-state index contributed by atoms with van der Waals surface area (Å²) in [5, 5.41) is 0. The summed E-state index contributed by atoms with van der Waals surface area (Å²) in [7, 11) is 0. The van der Waals surface area contributed by atoms with Crippen molar-refractivity contribution in [2.45, 2.75) is 45.4 Å². The molecule has 1 nitrogen and oxygen atoms in total. The van der Waals surface area contributed by atoms with E-state index in [4.69, 9.17) is 0 Å². The van der Waals surface area contributed by atoms with Gasteiger partial charge in [-0.1, -0.05) is 153 Å². The Labute approximate surface area is 319 Å². The first-order valence-corrected chi connectivity index (χ1v) is 19.2. The number of hydrogen-bond donors (Lipinski definition) is 0. The predicted octanol–water partition coefficient (Wildman–Crippen LogP) is 14.2. The summed E-state index contributed by atoms with van der Waals surface area (Å²) in [6.07, 6.45) is 4.41. The normalized spacial score (nSPS) is 14.8. The van der Waals surface area contributed by atoms with E-state index in [0.717, 1.165) is 17.1 Å². The minimum absolute atomic E-state index is 0.106. The molecule has 54 heavy (non-hydrogen) atoms. The van der Waals surface area contributed by atoms with Gasteiger partial charge in [0, 0.05) is 22.5 Å². The lowest BCUT2D eigenvalue weighted by Gasteiger charge is -2.32. The molecule has 3 aliphatic carbocycles. The molecule has 1 spiro atoms. The van der Waals surface area contributed by atoms with Gasteiger partial charge in [-0.3, -0.25) is 0 Å². The number of benzene rings is 7. The fourth-order valence-electron chi connectivity index (χ4n) is 9.76. The molecule has 0 saturated carbocycles. The average molecular weight is 694 g/mol. The van der Waals surface area contributed by atoms with E-state index in [2.05, 4.69) is 209 Å². The molecule has 0 N–H and O–H groups in total. The Morgan fingerprint density at radius 3 is 1.33 bits per heavy atom. The molecule has 7 aromatic rings. The number of nitrogens with zero attached hydrogens (tertiary/aromatic N) is 1. The SMILES string of the molecule is CC(C)=C/C=C(\C)c1ccc(N(c2ccc3c(c2)C(C)(C)c2ccccc2-3)c2ccc3c(c2)C2(c4ccccc4-c4ccccc42)c2ccccc2-3)cc1. The standard InChI is InChI=1S/C53H43N/c1-34(2)22-23-35(3)36-24-26-37(27-25-36)54(38-28-30-44-40-14-6-10-18-46(40)52(4,5)50(44)32-38)39-29-31-45-43-17-9-13-21-49(43)53(51(45)33-39)47-19-11-7-15-41(47)42-16-8-12-20-48(42)53/h6-33H,1-5H3/b35-23+. The number of rotatable bonds is 5. The van der Waals surface area contributed by atoms with Crippen molar-refractivity contribution in [2.24, 2.45) is 0 Å². The monoisotopic (exact) mass is 693 g/mol. The highest BCUT2D eigenvalue weighted by atomic mass is 15.1. The molecule has 0 unspecified atom stereocenters. The zero-order valence-corrected chi connectivity index (χ0v) is 31.6. The zero-order chi connectivity index (χ0) is 36.8. The summed E-state index contributed by atoms with van der Waals surface area (Å²) in [4.78, 5) is 2.47. The van der Waals surface area contributed by atoms with Gasteiger partial charge in [-0.25, -0.2) is 0 Å². The van der Waals surface area contributed by atoms with Crippen molar-refractivity contribution in [3.63, 3.8) is 0 Å². The summed E-state index contributed by atoms with van der Waals surface area (Å²) in [6.45, 7) is 11.2. The highest BCUT2D eigenvalue weighted by molar-refractivity contribution is 5.96. The van der Waals surface area contributed by atoms with E-state index in [1.165, 1.54) is 83.5 Å². The van der Waals surface area contributed by atoms with E-state index < -0.39 is 5.41 Å². The highest BCUT2D eigenvalue weighted by Crippen LogP contribution is 2.63. The van der Waals surface area contributed by atoms with Gasteiger partial charge in [-0.05, 0) is 135 Å². The third kappa shape index (κ3) is 4.51. The van der Waals surface area contributed by atoms with Crippen molar-refractivity contribution in [1.29, 1.82) is 0 Å². The van der Waals surface area contributed by atoms with Gasteiger partial charge in [0.05, 0.1) is 5.41 Å². The van der Waals surface area contributed by atoms with Crippen molar-refractivity contribution in [2.75, 3.05) is 4.90 Å². The molecule has 0 atom stereocenters. The Hall–Kier alpha value is -6.18. The molecule has 7 aromatic carbocycles. The van der Waals surface area contributed by atoms with E-state index in [0.29, 0.717) is 0 Å². The van der Waals surface area contributed by atoms with Crippen LogP contribution in [-0.2, 0) is 10.8 Å². The molecule has 3 aliphatic rings. The predicted molar refractivity (Wildman–Crippen MR) is 228 cm³/mol. The van der Waals surface area contributed by atoms with Crippen LogP contribution in [0, 0.1) is 0 Å². The van der Waals surface area contributed by atoms with Gasteiger partial charge in [0.2, 0.25) is 0 Å². The lowest BCUT2D eigenvalue weighted by Crippen LogP contribution is -2.26. The van der Waals surface area contributed by atoms with Crippen molar-refractivity contribution in [3.05, 3.63) is 214 Å². The van der Waals surface area contributed by atoms with Gasteiger partial charge >= 0.3 is 0 Å². The second-order valence-electron chi connectivity index (χ2n) is 16.0. The molecular weight excluding hydrogens is 651 g/mol. The van der Waals surface area contributed by atoms with Crippen LogP contribution < -0.4 is 4.90 Å². The Kier molecular flexibility index (Phi) is 7.17. The maximum absolute atomic E-state index is 2.50. The van der Waals surface area contributed by atoms with Gasteiger partial charge in [-0.15, -0.1) is 0 Å². The molecule has 0 aromatic heterocycles. The van der Waals surface area contributed by atoms with Crippen LogP contribution in [0.2, 0.25) is 0 Å². The maximum Gasteiger partial charge on any atom is 0.0726 e. The molecule has 0 heterocycles. The Morgan fingerprint density at radius 2 is 0.815 bits per heavy atom. The Balaban J connectivity index is 1.20. The maximum atomic E-state index is 2.50. The quantitative estimate of drug-likeness (QED) is 0.162. The van der Waals surface area contributed by atoms with Gasteiger partial charge in [-0.2, -0.15) is 0 Å². The van der Waals surface area contributed by atoms with Crippen LogP contribution in [-0.4, -0.2) is 0 Å². The second kappa shape index (κ2) is 11.9. The minimum Gasteiger partial charge on any atom is -0.310 e. The molecule has 10 rings (SSSR count).